The zero-order valence-electron chi connectivity index (χ0n) is 9.67. The van der Waals surface area contributed by atoms with Crippen LogP contribution in [-0.4, -0.2) is 36.0 Å². The van der Waals surface area contributed by atoms with Gasteiger partial charge in [0, 0.05) is 19.2 Å². The quantitative estimate of drug-likeness (QED) is 0.726. The Morgan fingerprint density at radius 2 is 2.27 bits per heavy atom. The van der Waals surface area contributed by atoms with Crippen molar-refractivity contribution in [3.05, 3.63) is 0 Å². The van der Waals surface area contributed by atoms with E-state index in [2.05, 4.69) is 12.2 Å². The molecule has 2 fully saturated rings. The first-order chi connectivity index (χ1) is 7.18. The van der Waals surface area contributed by atoms with Crippen LogP contribution < -0.4 is 5.32 Å². The first kappa shape index (κ1) is 11.4. The molecule has 0 aromatic rings. The number of hydrogen-bond donors (Lipinski definition) is 2. The van der Waals surface area contributed by atoms with Crippen LogP contribution in [0.3, 0.4) is 0 Å². The first-order valence-electron chi connectivity index (χ1n) is 6.25. The molecular weight excluding hydrogens is 190 g/mol. The molecule has 1 aliphatic heterocycles. The SMILES string of the molecule is CC(CC1CCCO1)NCC1(O)CCC1. The molecule has 2 aliphatic rings. The molecule has 0 radical (unpaired) electrons. The van der Waals surface area contributed by atoms with E-state index in [-0.39, 0.29) is 0 Å². The van der Waals surface area contributed by atoms with E-state index in [0.29, 0.717) is 12.1 Å². The van der Waals surface area contributed by atoms with Gasteiger partial charge < -0.3 is 15.2 Å². The minimum absolute atomic E-state index is 0.398. The van der Waals surface area contributed by atoms with Gasteiger partial charge in [-0.2, -0.15) is 0 Å². The van der Waals surface area contributed by atoms with Gasteiger partial charge in [-0.3, -0.25) is 0 Å². The smallest absolute Gasteiger partial charge is 0.0771 e. The molecule has 0 spiro atoms. The van der Waals surface area contributed by atoms with Gasteiger partial charge in [-0.25, -0.2) is 0 Å². The van der Waals surface area contributed by atoms with Crippen LogP contribution in [0.1, 0.15) is 45.4 Å². The van der Waals surface area contributed by atoms with Crippen molar-refractivity contribution in [2.24, 2.45) is 0 Å². The Morgan fingerprint density at radius 1 is 1.47 bits per heavy atom. The number of aliphatic hydroxyl groups is 1. The summed E-state index contributed by atoms with van der Waals surface area (Å²) in [5.41, 5.74) is -0.398. The fourth-order valence-corrected chi connectivity index (χ4v) is 2.43. The molecule has 1 saturated carbocycles. The summed E-state index contributed by atoms with van der Waals surface area (Å²) in [7, 11) is 0. The van der Waals surface area contributed by atoms with Crippen molar-refractivity contribution >= 4 is 0 Å². The van der Waals surface area contributed by atoms with E-state index < -0.39 is 5.60 Å². The topological polar surface area (TPSA) is 41.5 Å². The number of rotatable bonds is 5. The number of nitrogens with one attached hydrogen (secondary N) is 1. The molecule has 0 amide bonds. The van der Waals surface area contributed by atoms with Crippen molar-refractivity contribution in [3.8, 4) is 0 Å². The zero-order valence-corrected chi connectivity index (χ0v) is 9.67. The molecule has 0 aromatic carbocycles. The Morgan fingerprint density at radius 3 is 2.80 bits per heavy atom. The minimum Gasteiger partial charge on any atom is -0.389 e. The van der Waals surface area contributed by atoms with Gasteiger partial charge in [-0.1, -0.05) is 0 Å². The standard InChI is InChI=1S/C12H23NO2/c1-10(8-11-4-2-7-15-11)13-9-12(14)5-3-6-12/h10-11,13-14H,2-9H2,1H3. The monoisotopic (exact) mass is 213 g/mol. The van der Waals surface area contributed by atoms with Crippen LogP contribution in [0, 0.1) is 0 Å². The predicted octanol–water partition coefficient (Wildman–Crippen LogP) is 1.45. The summed E-state index contributed by atoms with van der Waals surface area (Å²) in [5, 5.41) is 13.3. The number of ether oxygens (including phenoxy) is 1. The maximum atomic E-state index is 9.93. The maximum absolute atomic E-state index is 9.93. The van der Waals surface area contributed by atoms with Gasteiger partial charge in [-0.15, -0.1) is 0 Å². The lowest BCUT2D eigenvalue weighted by atomic mass is 9.80. The van der Waals surface area contributed by atoms with E-state index in [1.54, 1.807) is 0 Å². The molecule has 0 bridgehead atoms. The molecule has 88 valence electrons. The van der Waals surface area contributed by atoms with Crippen LogP contribution >= 0.6 is 0 Å². The van der Waals surface area contributed by atoms with E-state index in [9.17, 15) is 5.11 Å². The number of hydrogen-bond acceptors (Lipinski definition) is 3. The third-order valence-corrected chi connectivity index (χ3v) is 3.70. The van der Waals surface area contributed by atoms with Gasteiger partial charge in [0.1, 0.15) is 0 Å². The summed E-state index contributed by atoms with van der Waals surface area (Å²) in [6.45, 7) is 3.87. The summed E-state index contributed by atoms with van der Waals surface area (Å²) in [4.78, 5) is 0. The molecule has 15 heavy (non-hydrogen) atoms. The molecular formula is C12H23NO2. The largest absolute Gasteiger partial charge is 0.389 e. The van der Waals surface area contributed by atoms with E-state index >= 15 is 0 Å². The molecule has 2 unspecified atom stereocenters. The lowest BCUT2D eigenvalue weighted by Gasteiger charge is -2.37. The first-order valence-corrected chi connectivity index (χ1v) is 6.25. The third kappa shape index (κ3) is 3.16. The molecule has 2 rings (SSSR count). The van der Waals surface area contributed by atoms with E-state index in [0.717, 1.165) is 32.4 Å². The molecule has 1 saturated heterocycles. The summed E-state index contributed by atoms with van der Waals surface area (Å²) < 4.78 is 5.59. The van der Waals surface area contributed by atoms with Crippen LogP contribution in [0.5, 0.6) is 0 Å². The van der Waals surface area contributed by atoms with Crippen molar-refractivity contribution in [2.75, 3.05) is 13.2 Å². The molecule has 3 heteroatoms. The highest BCUT2D eigenvalue weighted by molar-refractivity contribution is 4.90. The highest BCUT2D eigenvalue weighted by Crippen LogP contribution is 2.30. The van der Waals surface area contributed by atoms with Crippen molar-refractivity contribution in [1.82, 2.24) is 5.32 Å². The van der Waals surface area contributed by atoms with Gasteiger partial charge in [0.15, 0.2) is 0 Å². The van der Waals surface area contributed by atoms with E-state index in [4.69, 9.17) is 4.74 Å². The minimum atomic E-state index is -0.398. The normalized spacial score (nSPS) is 31.2. The van der Waals surface area contributed by atoms with Gasteiger partial charge >= 0.3 is 0 Å². The van der Waals surface area contributed by atoms with Crippen molar-refractivity contribution in [3.63, 3.8) is 0 Å². The van der Waals surface area contributed by atoms with E-state index in [1.165, 1.54) is 19.3 Å². The van der Waals surface area contributed by atoms with Gasteiger partial charge in [0.25, 0.3) is 0 Å². The van der Waals surface area contributed by atoms with Crippen LogP contribution in [-0.2, 0) is 4.74 Å². The van der Waals surface area contributed by atoms with Crippen LogP contribution in [0.15, 0.2) is 0 Å². The van der Waals surface area contributed by atoms with Gasteiger partial charge in [-0.05, 0) is 45.4 Å². The molecule has 1 aliphatic carbocycles. The molecule has 2 atom stereocenters. The average Bonchev–Trinajstić information content (AvgIpc) is 2.64. The zero-order chi connectivity index (χ0) is 10.7. The molecule has 2 N–H and O–H groups in total. The maximum Gasteiger partial charge on any atom is 0.0771 e. The average molecular weight is 213 g/mol. The second-order valence-corrected chi connectivity index (χ2v) is 5.23. The Kier molecular flexibility index (Phi) is 3.65. The van der Waals surface area contributed by atoms with E-state index in [1.807, 2.05) is 0 Å². The van der Waals surface area contributed by atoms with Gasteiger partial charge in [0.05, 0.1) is 11.7 Å². The lowest BCUT2D eigenvalue weighted by Crippen LogP contribution is -2.48. The summed E-state index contributed by atoms with van der Waals surface area (Å²) >= 11 is 0. The van der Waals surface area contributed by atoms with Crippen molar-refractivity contribution in [1.29, 1.82) is 0 Å². The third-order valence-electron chi connectivity index (χ3n) is 3.70. The Labute approximate surface area is 92.2 Å². The second kappa shape index (κ2) is 4.81. The molecule has 1 heterocycles. The summed E-state index contributed by atoms with van der Waals surface area (Å²) in [6.07, 6.45) is 7.05. The molecule has 3 nitrogen and oxygen atoms in total. The van der Waals surface area contributed by atoms with Crippen LogP contribution in [0.2, 0.25) is 0 Å². The highest BCUT2D eigenvalue weighted by Gasteiger charge is 2.34. The fraction of sp³-hybridized carbons (Fsp3) is 1.00. The van der Waals surface area contributed by atoms with Gasteiger partial charge in [0.2, 0.25) is 0 Å². The van der Waals surface area contributed by atoms with Crippen molar-refractivity contribution < 1.29 is 9.84 Å². The fourth-order valence-electron chi connectivity index (χ4n) is 2.43. The molecule has 0 aromatic heterocycles. The van der Waals surface area contributed by atoms with Crippen molar-refractivity contribution in [2.45, 2.75) is 63.2 Å². The Balaban J connectivity index is 1.61. The summed E-state index contributed by atoms with van der Waals surface area (Å²) in [5.74, 6) is 0. The second-order valence-electron chi connectivity index (χ2n) is 5.23. The van der Waals surface area contributed by atoms with Crippen LogP contribution in [0.4, 0.5) is 0 Å². The Hall–Kier alpha value is -0.120. The predicted molar refractivity (Wildman–Crippen MR) is 59.9 cm³/mol. The summed E-state index contributed by atoms with van der Waals surface area (Å²) in [6, 6.07) is 0.456. The Bertz CT molecular complexity index is 198. The highest BCUT2D eigenvalue weighted by atomic mass is 16.5. The lowest BCUT2D eigenvalue weighted by molar-refractivity contribution is -0.0340. The van der Waals surface area contributed by atoms with Crippen LogP contribution in [0.25, 0.3) is 0 Å².